The Bertz CT molecular complexity index is 532. The zero-order valence-corrected chi connectivity index (χ0v) is 12.9. The van der Waals surface area contributed by atoms with Crippen molar-refractivity contribution in [1.82, 2.24) is 4.90 Å². The summed E-state index contributed by atoms with van der Waals surface area (Å²) in [5, 5.41) is 27.6. The average Bonchev–Trinajstić information content (AvgIpc) is 2.59. The summed E-state index contributed by atoms with van der Waals surface area (Å²) in [4.78, 5) is 2.27. The molecule has 1 fully saturated rings. The molecule has 1 aliphatic heterocycles. The Kier molecular flexibility index (Phi) is 6.40. The van der Waals surface area contributed by atoms with Crippen LogP contribution in [0.25, 0.3) is 0 Å². The zero-order valence-electron chi connectivity index (χ0n) is 12.9. The highest BCUT2D eigenvalue weighted by Gasteiger charge is 2.30. The summed E-state index contributed by atoms with van der Waals surface area (Å²) in [5.41, 5.74) is 1.29. The molecule has 1 heterocycles. The van der Waals surface area contributed by atoms with E-state index in [2.05, 4.69) is 29.2 Å². The van der Waals surface area contributed by atoms with Crippen LogP contribution in [0.2, 0.25) is 0 Å². The molecule has 0 spiro atoms. The molecular formula is C18H23N3O. The highest BCUT2D eigenvalue weighted by atomic mass is 16.3. The molecule has 4 nitrogen and oxygen atoms in total. The van der Waals surface area contributed by atoms with Crippen LogP contribution in [-0.2, 0) is 0 Å². The van der Waals surface area contributed by atoms with E-state index in [9.17, 15) is 10.4 Å². The lowest BCUT2D eigenvalue weighted by atomic mass is 9.80. The largest absolute Gasteiger partial charge is 0.396 e. The van der Waals surface area contributed by atoms with Crippen molar-refractivity contribution in [1.29, 1.82) is 10.5 Å². The lowest BCUT2D eigenvalue weighted by molar-refractivity contribution is 0.0949. The van der Waals surface area contributed by atoms with Gasteiger partial charge in [0, 0.05) is 32.0 Å². The summed E-state index contributed by atoms with van der Waals surface area (Å²) >= 11 is 0. The Balaban J connectivity index is 1.95. The first-order chi connectivity index (χ1) is 10.8. The second-order valence-corrected chi connectivity index (χ2v) is 6.03. The summed E-state index contributed by atoms with van der Waals surface area (Å²) in [5.74, 6) is 0.515. The lowest BCUT2D eigenvalue weighted by Gasteiger charge is -2.38. The number of likely N-dealkylation sites (tertiary alicyclic amines) is 1. The molecule has 1 saturated heterocycles. The Morgan fingerprint density at radius 3 is 2.68 bits per heavy atom. The number of aliphatic hydroxyl groups is 1. The number of rotatable bonds is 6. The number of benzene rings is 1. The molecular weight excluding hydrogens is 274 g/mol. The van der Waals surface area contributed by atoms with E-state index in [1.54, 1.807) is 0 Å². The van der Waals surface area contributed by atoms with Gasteiger partial charge < -0.3 is 10.0 Å². The molecule has 4 heteroatoms. The normalized spacial score (nSPS) is 23.4. The number of aliphatic hydroxyl groups excluding tert-OH is 1. The van der Waals surface area contributed by atoms with Crippen LogP contribution >= 0.6 is 0 Å². The third-order valence-electron chi connectivity index (χ3n) is 4.55. The van der Waals surface area contributed by atoms with Gasteiger partial charge in [0.15, 0.2) is 0 Å². The zero-order chi connectivity index (χ0) is 15.8. The van der Waals surface area contributed by atoms with Crippen LogP contribution in [0.3, 0.4) is 0 Å². The van der Waals surface area contributed by atoms with Crippen molar-refractivity contribution in [2.75, 3.05) is 26.2 Å². The number of hydrogen-bond acceptors (Lipinski definition) is 4. The monoisotopic (exact) mass is 297 g/mol. The molecule has 0 aromatic heterocycles. The molecule has 1 N–H and O–H groups in total. The SMILES string of the molecule is N#CCCC(C#N)CN1CC[C@@H](c2ccccc2)[C@@H](CO)C1. The molecule has 0 saturated carbocycles. The fourth-order valence-electron chi connectivity index (χ4n) is 3.34. The number of nitrogens with zero attached hydrogens (tertiary/aromatic N) is 3. The van der Waals surface area contributed by atoms with E-state index in [0.717, 1.165) is 19.5 Å². The highest BCUT2D eigenvalue weighted by Crippen LogP contribution is 2.33. The van der Waals surface area contributed by atoms with E-state index in [1.807, 2.05) is 18.2 Å². The van der Waals surface area contributed by atoms with Gasteiger partial charge in [0.1, 0.15) is 0 Å². The minimum Gasteiger partial charge on any atom is -0.396 e. The van der Waals surface area contributed by atoms with Crippen LogP contribution in [0.4, 0.5) is 0 Å². The molecule has 3 atom stereocenters. The number of piperidine rings is 1. The van der Waals surface area contributed by atoms with Gasteiger partial charge in [-0.3, -0.25) is 0 Å². The summed E-state index contributed by atoms with van der Waals surface area (Å²) in [7, 11) is 0. The highest BCUT2D eigenvalue weighted by molar-refractivity contribution is 5.21. The Morgan fingerprint density at radius 2 is 2.05 bits per heavy atom. The van der Waals surface area contributed by atoms with Gasteiger partial charge in [-0.15, -0.1) is 0 Å². The maximum Gasteiger partial charge on any atom is 0.0669 e. The predicted molar refractivity (Wildman–Crippen MR) is 84.8 cm³/mol. The standard InChI is InChI=1S/C18H23N3O/c19-9-4-5-15(11-20)12-21-10-8-18(17(13-21)14-22)16-6-2-1-3-7-16/h1-3,6-7,15,17-18,22H,4-5,8,10,12-14H2/t15?,17-,18+/m1/s1. The van der Waals surface area contributed by atoms with Crippen molar-refractivity contribution in [2.45, 2.75) is 25.2 Å². The van der Waals surface area contributed by atoms with Crippen molar-refractivity contribution in [3.05, 3.63) is 35.9 Å². The van der Waals surface area contributed by atoms with E-state index in [4.69, 9.17) is 5.26 Å². The Morgan fingerprint density at radius 1 is 1.27 bits per heavy atom. The lowest BCUT2D eigenvalue weighted by Crippen LogP contribution is -2.43. The van der Waals surface area contributed by atoms with E-state index < -0.39 is 0 Å². The molecule has 1 aromatic carbocycles. The summed E-state index contributed by atoms with van der Waals surface area (Å²) in [6, 6.07) is 14.8. The molecule has 1 unspecified atom stereocenters. The van der Waals surface area contributed by atoms with Crippen LogP contribution in [0.15, 0.2) is 30.3 Å². The molecule has 116 valence electrons. The van der Waals surface area contributed by atoms with Gasteiger partial charge in [-0.05, 0) is 30.9 Å². The van der Waals surface area contributed by atoms with E-state index in [-0.39, 0.29) is 18.4 Å². The fourth-order valence-corrected chi connectivity index (χ4v) is 3.34. The van der Waals surface area contributed by atoms with Crippen LogP contribution in [-0.4, -0.2) is 36.2 Å². The maximum atomic E-state index is 9.74. The molecule has 2 rings (SSSR count). The maximum absolute atomic E-state index is 9.74. The van der Waals surface area contributed by atoms with Crippen molar-refractivity contribution in [3.8, 4) is 12.1 Å². The third-order valence-corrected chi connectivity index (χ3v) is 4.55. The Labute approximate surface area is 132 Å². The van der Waals surface area contributed by atoms with Crippen LogP contribution < -0.4 is 0 Å². The second-order valence-electron chi connectivity index (χ2n) is 6.03. The molecule has 22 heavy (non-hydrogen) atoms. The molecule has 0 amide bonds. The molecule has 0 aliphatic carbocycles. The fraction of sp³-hybridized carbons (Fsp3) is 0.556. The summed E-state index contributed by atoms with van der Waals surface area (Å²) < 4.78 is 0. The smallest absolute Gasteiger partial charge is 0.0669 e. The summed E-state index contributed by atoms with van der Waals surface area (Å²) in [6.45, 7) is 2.64. The predicted octanol–water partition coefficient (Wildman–Crippen LogP) is 2.53. The number of nitriles is 2. The van der Waals surface area contributed by atoms with E-state index in [1.165, 1.54) is 5.56 Å². The van der Waals surface area contributed by atoms with Crippen LogP contribution in [0.1, 0.15) is 30.7 Å². The Hall–Kier alpha value is -1.88. The van der Waals surface area contributed by atoms with Gasteiger partial charge in [0.05, 0.1) is 18.1 Å². The van der Waals surface area contributed by atoms with E-state index >= 15 is 0 Å². The van der Waals surface area contributed by atoms with Gasteiger partial charge in [-0.2, -0.15) is 10.5 Å². The van der Waals surface area contributed by atoms with Crippen LogP contribution in [0.5, 0.6) is 0 Å². The topological polar surface area (TPSA) is 71.0 Å². The van der Waals surface area contributed by atoms with Crippen LogP contribution in [0, 0.1) is 34.5 Å². The van der Waals surface area contributed by atoms with Gasteiger partial charge in [0.2, 0.25) is 0 Å². The number of hydrogen-bond donors (Lipinski definition) is 1. The first-order valence-corrected chi connectivity index (χ1v) is 7.93. The van der Waals surface area contributed by atoms with Gasteiger partial charge in [-0.1, -0.05) is 30.3 Å². The minimum absolute atomic E-state index is 0.0905. The van der Waals surface area contributed by atoms with Crippen molar-refractivity contribution < 1.29 is 5.11 Å². The molecule has 1 aliphatic rings. The minimum atomic E-state index is -0.0905. The molecule has 0 radical (unpaired) electrons. The third kappa shape index (κ3) is 4.31. The van der Waals surface area contributed by atoms with Crippen molar-refractivity contribution in [3.63, 3.8) is 0 Å². The van der Waals surface area contributed by atoms with Gasteiger partial charge in [-0.25, -0.2) is 0 Å². The molecule has 0 bridgehead atoms. The molecule has 1 aromatic rings. The first kappa shape index (κ1) is 16.5. The first-order valence-electron chi connectivity index (χ1n) is 7.93. The van der Waals surface area contributed by atoms with Gasteiger partial charge >= 0.3 is 0 Å². The van der Waals surface area contributed by atoms with Gasteiger partial charge in [0.25, 0.3) is 0 Å². The van der Waals surface area contributed by atoms with E-state index in [0.29, 0.717) is 25.3 Å². The summed E-state index contributed by atoms with van der Waals surface area (Å²) in [6.07, 6.45) is 2.07. The second kappa shape index (κ2) is 8.54. The quantitative estimate of drug-likeness (QED) is 0.876. The average molecular weight is 297 g/mol. The van der Waals surface area contributed by atoms with Crippen molar-refractivity contribution >= 4 is 0 Å². The van der Waals surface area contributed by atoms with Crippen molar-refractivity contribution in [2.24, 2.45) is 11.8 Å².